The van der Waals surface area contributed by atoms with Gasteiger partial charge >= 0.3 is 12.4 Å². The maximum absolute atomic E-state index is 15.6. The average molecular weight is 1510 g/mol. The fourth-order valence-electron chi connectivity index (χ4n) is 16.3. The molecule has 0 aromatic carbocycles. The van der Waals surface area contributed by atoms with E-state index >= 15 is 46.3 Å². The molecule has 33 heteroatoms. The summed E-state index contributed by atoms with van der Waals surface area (Å²) in [5.41, 5.74) is -2.44. The number of ether oxygens (including phenoxy) is 1. The molecular weight excluding hydrogens is 1400 g/mol. The van der Waals surface area contributed by atoms with Crippen molar-refractivity contribution < 1.29 is 101 Å². The first-order valence-electron chi connectivity index (χ1n) is 37.2. The van der Waals surface area contributed by atoms with Crippen molar-refractivity contribution in [3.8, 4) is 0 Å². The Morgan fingerprint density at radius 1 is 0.600 bits per heavy atom. The molecule has 2 bridgehead atoms. The first-order chi connectivity index (χ1) is 49.0. The van der Waals surface area contributed by atoms with E-state index in [9.17, 15) is 50.3 Å². The molecule has 596 valence electrons. The minimum atomic E-state index is -5.25. The van der Waals surface area contributed by atoms with Gasteiger partial charge in [-0.15, -0.1) is 0 Å². The van der Waals surface area contributed by atoms with Gasteiger partial charge in [-0.2, -0.15) is 26.3 Å². The fraction of sp³-hybridized carbons (Fsp3) is 0.819. The third kappa shape index (κ3) is 21.1. The zero-order valence-corrected chi connectivity index (χ0v) is 62.9. The van der Waals surface area contributed by atoms with Crippen LogP contribution in [-0.4, -0.2) is 270 Å². The van der Waals surface area contributed by atoms with E-state index in [1.54, 1.807) is 60.6 Å². The van der Waals surface area contributed by atoms with Gasteiger partial charge in [-0.1, -0.05) is 73.0 Å². The molecule has 105 heavy (non-hydrogen) atoms. The lowest BCUT2D eigenvalue weighted by Crippen LogP contribution is -2.72. The van der Waals surface area contributed by atoms with Crippen LogP contribution in [0.15, 0.2) is 12.2 Å². The molecule has 0 radical (unpaired) electrons. The monoisotopic (exact) mass is 1510 g/mol. The highest BCUT2D eigenvalue weighted by molar-refractivity contribution is 6.00. The van der Waals surface area contributed by atoms with Gasteiger partial charge < -0.3 is 59.9 Å². The fourth-order valence-corrected chi connectivity index (χ4v) is 16.3. The Morgan fingerprint density at radius 3 is 1.75 bits per heavy atom. The van der Waals surface area contributed by atoms with E-state index < -0.39 is 249 Å². The Morgan fingerprint density at radius 2 is 1.21 bits per heavy atom. The smallest absolute Gasteiger partial charge is 0.377 e. The molecule has 23 nitrogen and oxygen atoms in total. The van der Waals surface area contributed by atoms with Gasteiger partial charge in [0.15, 0.2) is 0 Å². The largest absolute Gasteiger partial charge is 0.397 e. The molecule has 3 saturated carbocycles. The molecular formula is C72H111F10N11O12. The lowest BCUT2D eigenvalue weighted by atomic mass is 9.71. The maximum atomic E-state index is 15.6. The van der Waals surface area contributed by atoms with Crippen molar-refractivity contribution >= 4 is 65.0 Å². The Balaban J connectivity index is 1.47. The zero-order valence-electron chi connectivity index (χ0n) is 62.9. The Kier molecular flexibility index (Phi) is 30.6. The molecule has 3 aliphatic carbocycles. The number of hydrogen-bond acceptors (Lipinski definition) is 12. The molecule has 2 unspecified atom stereocenters. The number of hydrogen-bond donors (Lipinski definition) is 3. The minimum Gasteiger partial charge on any atom is -0.377 e. The van der Waals surface area contributed by atoms with Crippen LogP contribution < -0.4 is 16.0 Å². The molecule has 11 amide bonds. The molecule has 5 fully saturated rings. The summed E-state index contributed by atoms with van der Waals surface area (Å²) < 4.78 is 152. The van der Waals surface area contributed by atoms with Gasteiger partial charge in [-0.3, -0.25) is 52.7 Å². The predicted molar refractivity (Wildman–Crippen MR) is 366 cm³/mol. The number of nitrogens with zero attached hydrogens (tertiary/aromatic N) is 8. The molecule has 0 aromatic rings. The van der Waals surface area contributed by atoms with Gasteiger partial charge in [0.25, 0.3) is 5.92 Å². The van der Waals surface area contributed by atoms with Crippen LogP contribution in [0.2, 0.25) is 0 Å². The van der Waals surface area contributed by atoms with E-state index in [1.165, 1.54) is 57.0 Å². The normalized spacial score (nSPS) is 32.2. The summed E-state index contributed by atoms with van der Waals surface area (Å²) in [7, 11) is 7.81. The summed E-state index contributed by atoms with van der Waals surface area (Å²) in [4.78, 5) is 173. The summed E-state index contributed by atoms with van der Waals surface area (Å²) in [5.74, 6) is -20.8. The number of amides is 11. The second-order valence-corrected chi connectivity index (χ2v) is 30.1. The van der Waals surface area contributed by atoms with Gasteiger partial charge in [0.2, 0.25) is 65.0 Å². The van der Waals surface area contributed by atoms with Gasteiger partial charge in [-0.05, 0) is 114 Å². The third-order valence-electron chi connectivity index (χ3n) is 23.0. The van der Waals surface area contributed by atoms with E-state index in [2.05, 4.69) is 16.0 Å². The predicted octanol–water partition coefficient (Wildman–Crippen LogP) is 7.53. The standard InChI is InChI=1S/C72H111F10N11O12/c1-14-41(7)59-66(102)87(9)38-57(96)90(12)52-23-21-20-22-30-92(65(52)101)54(33-42-24-27-45(28-25-42)71(77,78)79)64(100)86(8)37-55(94)83-50(29-26-43-31-48(73)58(49(74)32-43)72(80,81)82)63(99)93-36-47(105-19-6)35-53(93)62(98)85-69(39-70(75,76)40-69)68(104)91(13)60(44(15-2)16-3)67(103)88(10)46(17-4)34-56(95)89(11)51(18-5)61(97)84-59/h20-21,41-54,58-60H,14-19,22-40H2,1-13H3,(H,83,94)(H,84,97)(H,85,98)/b21-20-/t41-,42?,43?,45?,46-,47+,48?,49?,50-,51-,52-,53-,54-,58?,59-,60-/m0/s1. The highest BCUT2D eigenvalue weighted by atomic mass is 19.4. The van der Waals surface area contributed by atoms with Crippen molar-refractivity contribution in [2.24, 2.45) is 35.5 Å². The van der Waals surface area contributed by atoms with Crippen LogP contribution in [0.4, 0.5) is 43.9 Å². The second-order valence-electron chi connectivity index (χ2n) is 30.1. The van der Waals surface area contributed by atoms with Crippen LogP contribution in [-0.2, 0) is 57.5 Å². The van der Waals surface area contributed by atoms with E-state index in [4.69, 9.17) is 4.74 Å². The number of rotatable bonds is 14. The molecule has 0 aromatic heterocycles. The average Bonchev–Trinajstić information content (AvgIpc) is 1.35. The minimum absolute atomic E-state index is 0.000134. The number of nitrogens with one attached hydrogen (secondary N) is 3. The van der Waals surface area contributed by atoms with Crippen molar-refractivity contribution in [1.29, 1.82) is 0 Å². The molecule has 6 rings (SSSR count). The van der Waals surface area contributed by atoms with Crippen LogP contribution >= 0.6 is 0 Å². The molecule has 12 atom stereocenters. The first-order valence-corrected chi connectivity index (χ1v) is 37.2. The van der Waals surface area contributed by atoms with Crippen molar-refractivity contribution in [2.75, 3.05) is 75.1 Å². The van der Waals surface area contributed by atoms with Crippen LogP contribution in [0.1, 0.15) is 177 Å². The van der Waals surface area contributed by atoms with Crippen LogP contribution in [0, 0.1) is 35.5 Å². The number of carbonyl (C=O) groups excluding carboxylic acids is 11. The molecule has 3 N–H and O–H groups in total. The topological polar surface area (TPSA) is 259 Å². The molecule has 2 saturated heterocycles. The van der Waals surface area contributed by atoms with E-state index in [-0.39, 0.29) is 96.6 Å². The Bertz CT molecular complexity index is 3080. The molecule has 3 heterocycles. The summed E-state index contributed by atoms with van der Waals surface area (Å²) >= 11 is 0. The SMILES string of the molecule is CCO[C@@H]1C[C@H]2C(=O)NC3(CC(F)(F)C3)C(=O)N(C)[C@@H](C(CC)CC)C(=O)N(C)[C@@H](CC)CC(=O)N(C)[C@@H](CC)C(=O)N[C@@H]([C@@H](C)CC)C(=O)N(C)CC(=O)N(C)[C@H]3C/C=C\CCN(C3=O)[C@@H](CC3CCC(C(F)(F)F)CC3)C(=O)N(C)CC(=O)N[C@@H](CCC3CC(F)C(C(F)(F)F)C(F)C3)C(=O)N2C1. The third-order valence-corrected chi connectivity index (χ3v) is 23.0. The van der Waals surface area contributed by atoms with Crippen LogP contribution in [0.25, 0.3) is 0 Å². The quantitative estimate of drug-likeness (QED) is 0.113. The zero-order chi connectivity index (χ0) is 78.7. The Labute approximate surface area is 609 Å². The van der Waals surface area contributed by atoms with Gasteiger partial charge in [-0.25, -0.2) is 17.6 Å². The summed E-state index contributed by atoms with van der Waals surface area (Å²) in [6, 6.07) is -11.2. The Hall–Kier alpha value is -6.83. The highest BCUT2D eigenvalue weighted by Crippen LogP contribution is 2.49. The van der Waals surface area contributed by atoms with E-state index in [0.717, 1.165) is 24.5 Å². The number of likely N-dealkylation sites (N-methyl/N-ethyl adjacent to an activating group) is 6. The summed E-state index contributed by atoms with van der Waals surface area (Å²) in [5, 5.41) is 7.86. The number of halogens is 10. The molecule has 6 aliphatic rings. The number of alkyl halides is 10. The number of carbonyl (C=O) groups is 11. The maximum Gasteiger partial charge on any atom is 0.397 e. The molecule has 1 spiro atoms. The lowest BCUT2D eigenvalue weighted by Gasteiger charge is -2.50. The number of fused-ring (bicyclic) bond motifs is 3. The van der Waals surface area contributed by atoms with Crippen molar-refractivity contribution in [2.45, 2.75) is 267 Å². The van der Waals surface area contributed by atoms with Crippen molar-refractivity contribution in [3.63, 3.8) is 0 Å². The van der Waals surface area contributed by atoms with Crippen LogP contribution in [0.5, 0.6) is 0 Å². The van der Waals surface area contributed by atoms with Gasteiger partial charge in [0.05, 0.1) is 25.1 Å². The van der Waals surface area contributed by atoms with E-state index in [0.29, 0.717) is 6.42 Å². The van der Waals surface area contributed by atoms with Crippen molar-refractivity contribution in [3.05, 3.63) is 12.2 Å². The second kappa shape index (κ2) is 36.8. The lowest BCUT2D eigenvalue weighted by molar-refractivity contribution is -0.219. The van der Waals surface area contributed by atoms with Crippen molar-refractivity contribution in [1.82, 2.24) is 55.1 Å². The summed E-state index contributed by atoms with van der Waals surface area (Å²) in [6.45, 7) is 9.68. The molecule has 3 aliphatic heterocycles. The first kappa shape index (κ1) is 87.1. The van der Waals surface area contributed by atoms with Gasteiger partial charge in [0, 0.05) is 93.7 Å². The highest BCUT2D eigenvalue weighted by Gasteiger charge is 2.64. The summed E-state index contributed by atoms with van der Waals surface area (Å²) in [6.07, 6.45) is -18.5. The van der Waals surface area contributed by atoms with Gasteiger partial charge in [0.1, 0.15) is 66.1 Å². The van der Waals surface area contributed by atoms with Crippen LogP contribution in [0.3, 0.4) is 0 Å². The van der Waals surface area contributed by atoms with E-state index in [1.807, 2.05) is 0 Å².